The van der Waals surface area contributed by atoms with Crippen LogP contribution in [0.3, 0.4) is 0 Å². The zero-order valence-corrected chi connectivity index (χ0v) is 8.81. The highest BCUT2D eigenvalue weighted by Crippen LogP contribution is 2.18. The quantitative estimate of drug-likeness (QED) is 0.751. The van der Waals surface area contributed by atoms with E-state index >= 15 is 0 Å². The molecule has 0 radical (unpaired) electrons. The molecule has 0 aliphatic rings. The lowest BCUT2D eigenvalue weighted by molar-refractivity contribution is 0.198. The highest BCUT2D eigenvalue weighted by atomic mass is 16.5. The molecule has 0 bridgehead atoms. The number of aliphatic hydroxyl groups excluding tert-OH is 1. The fraction of sp³-hybridized carbons (Fsp3) is 0.417. The topological polar surface area (TPSA) is 53.2 Å². The molecular weight excluding hydrogens is 190 g/mol. The van der Waals surface area contributed by atoms with E-state index in [4.69, 9.17) is 10.00 Å². The summed E-state index contributed by atoms with van der Waals surface area (Å²) in [5.74, 6) is 0.742. The van der Waals surface area contributed by atoms with E-state index in [2.05, 4.69) is 6.07 Å². The van der Waals surface area contributed by atoms with E-state index in [1.165, 1.54) is 0 Å². The van der Waals surface area contributed by atoms with Gasteiger partial charge in [0.15, 0.2) is 0 Å². The monoisotopic (exact) mass is 205 g/mol. The standard InChI is InChI=1S/C12H15NO2/c1-10(14)11-5-4-6-12(9-11)15-8-3-2-7-13/h4-6,9-10,14H,2-3,8H2,1H3/t10-/m0/s1. The summed E-state index contributed by atoms with van der Waals surface area (Å²) < 4.78 is 5.44. The third kappa shape index (κ3) is 4.01. The van der Waals surface area contributed by atoms with Crippen molar-refractivity contribution in [2.24, 2.45) is 0 Å². The normalized spacial score (nSPS) is 11.8. The van der Waals surface area contributed by atoms with Crippen LogP contribution >= 0.6 is 0 Å². The van der Waals surface area contributed by atoms with E-state index in [0.717, 1.165) is 17.7 Å². The van der Waals surface area contributed by atoms with Gasteiger partial charge in [-0.25, -0.2) is 0 Å². The second kappa shape index (κ2) is 6.05. The lowest BCUT2D eigenvalue weighted by atomic mass is 10.1. The van der Waals surface area contributed by atoms with Crippen molar-refractivity contribution < 1.29 is 9.84 Å². The van der Waals surface area contributed by atoms with Crippen molar-refractivity contribution in [3.05, 3.63) is 29.8 Å². The maximum Gasteiger partial charge on any atom is 0.119 e. The fourth-order valence-electron chi connectivity index (χ4n) is 1.21. The first-order valence-corrected chi connectivity index (χ1v) is 5.02. The minimum atomic E-state index is -0.479. The first-order valence-electron chi connectivity index (χ1n) is 5.02. The van der Waals surface area contributed by atoms with Gasteiger partial charge in [-0.2, -0.15) is 5.26 Å². The maximum absolute atomic E-state index is 9.36. The van der Waals surface area contributed by atoms with Crippen LogP contribution < -0.4 is 4.74 Å². The number of unbranched alkanes of at least 4 members (excludes halogenated alkanes) is 1. The van der Waals surface area contributed by atoms with Crippen LogP contribution in [-0.4, -0.2) is 11.7 Å². The van der Waals surface area contributed by atoms with Crippen LogP contribution in [0, 0.1) is 11.3 Å². The minimum Gasteiger partial charge on any atom is -0.494 e. The van der Waals surface area contributed by atoms with E-state index in [9.17, 15) is 5.11 Å². The Balaban J connectivity index is 2.48. The molecule has 0 aliphatic carbocycles. The number of hydrogen-bond donors (Lipinski definition) is 1. The molecule has 0 fully saturated rings. The first kappa shape index (κ1) is 11.5. The fourth-order valence-corrected chi connectivity index (χ4v) is 1.21. The highest BCUT2D eigenvalue weighted by molar-refractivity contribution is 5.29. The van der Waals surface area contributed by atoms with Crippen molar-refractivity contribution in [3.63, 3.8) is 0 Å². The molecule has 1 aromatic rings. The molecule has 1 aromatic carbocycles. The summed E-state index contributed by atoms with van der Waals surface area (Å²) in [5.41, 5.74) is 0.841. The van der Waals surface area contributed by atoms with Gasteiger partial charge in [0.1, 0.15) is 5.75 Å². The predicted octanol–water partition coefficient (Wildman–Crippen LogP) is 2.42. The Morgan fingerprint density at radius 3 is 3.00 bits per heavy atom. The zero-order chi connectivity index (χ0) is 11.1. The van der Waals surface area contributed by atoms with Crippen molar-refractivity contribution in [1.29, 1.82) is 5.26 Å². The van der Waals surface area contributed by atoms with Crippen molar-refractivity contribution in [2.45, 2.75) is 25.9 Å². The van der Waals surface area contributed by atoms with Crippen molar-refractivity contribution in [1.82, 2.24) is 0 Å². The molecule has 0 unspecified atom stereocenters. The number of hydrogen-bond acceptors (Lipinski definition) is 3. The predicted molar refractivity (Wildman–Crippen MR) is 57.4 cm³/mol. The van der Waals surface area contributed by atoms with E-state index in [1.54, 1.807) is 6.92 Å². The smallest absolute Gasteiger partial charge is 0.119 e. The molecule has 0 saturated heterocycles. The van der Waals surface area contributed by atoms with E-state index < -0.39 is 6.10 Å². The number of rotatable bonds is 5. The molecule has 0 spiro atoms. The first-order chi connectivity index (χ1) is 7.24. The van der Waals surface area contributed by atoms with Gasteiger partial charge >= 0.3 is 0 Å². The van der Waals surface area contributed by atoms with Crippen molar-refractivity contribution >= 4 is 0 Å². The molecule has 0 saturated carbocycles. The summed E-state index contributed by atoms with van der Waals surface area (Å²) in [6.45, 7) is 2.26. The summed E-state index contributed by atoms with van der Waals surface area (Å²) in [4.78, 5) is 0. The van der Waals surface area contributed by atoms with Gasteiger partial charge in [0.2, 0.25) is 0 Å². The second-order valence-electron chi connectivity index (χ2n) is 3.36. The summed E-state index contributed by atoms with van der Waals surface area (Å²) in [7, 11) is 0. The molecule has 0 heterocycles. The average Bonchev–Trinajstić information content (AvgIpc) is 2.25. The van der Waals surface area contributed by atoms with Crippen LogP contribution in [0.1, 0.15) is 31.4 Å². The van der Waals surface area contributed by atoms with Crippen LogP contribution in [0.2, 0.25) is 0 Å². The number of aliphatic hydroxyl groups is 1. The highest BCUT2D eigenvalue weighted by Gasteiger charge is 2.01. The molecule has 1 atom stereocenters. The van der Waals surface area contributed by atoms with E-state index in [-0.39, 0.29) is 0 Å². The van der Waals surface area contributed by atoms with E-state index in [1.807, 2.05) is 24.3 Å². The van der Waals surface area contributed by atoms with Crippen LogP contribution in [0.4, 0.5) is 0 Å². The third-order valence-electron chi connectivity index (χ3n) is 2.04. The van der Waals surface area contributed by atoms with Gasteiger partial charge < -0.3 is 9.84 Å². The maximum atomic E-state index is 9.36. The van der Waals surface area contributed by atoms with E-state index in [0.29, 0.717) is 13.0 Å². The molecule has 1 N–H and O–H groups in total. The Morgan fingerprint density at radius 2 is 2.33 bits per heavy atom. The van der Waals surface area contributed by atoms with Crippen molar-refractivity contribution in [3.8, 4) is 11.8 Å². The van der Waals surface area contributed by atoms with Gasteiger partial charge in [-0.1, -0.05) is 12.1 Å². The number of nitriles is 1. The summed E-state index contributed by atoms with van der Waals surface area (Å²) in [6, 6.07) is 9.43. The molecule has 15 heavy (non-hydrogen) atoms. The Bertz CT molecular complexity index is 342. The van der Waals surface area contributed by atoms with Gasteiger partial charge in [-0.05, 0) is 31.0 Å². The van der Waals surface area contributed by atoms with Gasteiger partial charge in [0.25, 0.3) is 0 Å². The van der Waals surface area contributed by atoms with Crippen LogP contribution in [-0.2, 0) is 0 Å². The van der Waals surface area contributed by atoms with Gasteiger partial charge in [-0.3, -0.25) is 0 Å². The third-order valence-corrected chi connectivity index (χ3v) is 2.04. The van der Waals surface area contributed by atoms with Crippen molar-refractivity contribution in [2.75, 3.05) is 6.61 Å². The Hall–Kier alpha value is -1.53. The SMILES string of the molecule is C[C@H](O)c1cccc(OCCCC#N)c1. The Labute approximate surface area is 89.9 Å². The molecular formula is C12H15NO2. The minimum absolute atomic E-state index is 0.479. The molecule has 0 amide bonds. The average molecular weight is 205 g/mol. The molecule has 80 valence electrons. The Kier molecular flexibility index (Phi) is 4.65. The lowest BCUT2D eigenvalue weighted by Gasteiger charge is -2.08. The van der Waals surface area contributed by atoms with Crippen LogP contribution in [0.15, 0.2) is 24.3 Å². The van der Waals surface area contributed by atoms with Crippen LogP contribution in [0.5, 0.6) is 5.75 Å². The molecule has 0 aliphatic heterocycles. The Morgan fingerprint density at radius 1 is 1.53 bits per heavy atom. The molecule has 3 heteroatoms. The van der Waals surface area contributed by atoms with Gasteiger partial charge in [0.05, 0.1) is 18.8 Å². The summed E-state index contributed by atoms with van der Waals surface area (Å²) >= 11 is 0. The lowest BCUT2D eigenvalue weighted by Crippen LogP contribution is -1.98. The summed E-state index contributed by atoms with van der Waals surface area (Å²) in [5, 5.41) is 17.7. The van der Waals surface area contributed by atoms with Crippen LogP contribution in [0.25, 0.3) is 0 Å². The number of ether oxygens (including phenoxy) is 1. The zero-order valence-electron chi connectivity index (χ0n) is 8.81. The molecule has 0 aromatic heterocycles. The van der Waals surface area contributed by atoms with Gasteiger partial charge in [0, 0.05) is 6.42 Å². The number of nitrogens with zero attached hydrogens (tertiary/aromatic N) is 1. The largest absolute Gasteiger partial charge is 0.494 e. The molecule has 1 rings (SSSR count). The molecule has 3 nitrogen and oxygen atoms in total. The summed E-state index contributed by atoms with van der Waals surface area (Å²) in [6.07, 6.45) is 0.763. The second-order valence-corrected chi connectivity index (χ2v) is 3.36. The van der Waals surface area contributed by atoms with Gasteiger partial charge in [-0.15, -0.1) is 0 Å². The number of benzene rings is 1.